The molecule has 2 aromatic rings. The van der Waals surface area contributed by atoms with Crippen LogP contribution in [0.4, 0.5) is 0 Å². The summed E-state index contributed by atoms with van der Waals surface area (Å²) < 4.78 is 16.3. The number of rotatable bonds is 6. The van der Waals surface area contributed by atoms with Gasteiger partial charge in [-0.3, -0.25) is 4.90 Å². The third kappa shape index (κ3) is 4.73. The fourth-order valence-corrected chi connectivity index (χ4v) is 3.24. The molecule has 0 radical (unpaired) electrons. The zero-order valence-electron chi connectivity index (χ0n) is 14.5. The van der Waals surface area contributed by atoms with Gasteiger partial charge in [0.25, 0.3) is 0 Å². The summed E-state index contributed by atoms with van der Waals surface area (Å²) in [5.74, 6) is 1.35. The first-order valence-corrected chi connectivity index (χ1v) is 8.75. The van der Waals surface area contributed by atoms with Crippen molar-refractivity contribution in [2.24, 2.45) is 0 Å². The van der Waals surface area contributed by atoms with Crippen molar-refractivity contribution in [2.45, 2.75) is 20.0 Å². The van der Waals surface area contributed by atoms with Gasteiger partial charge in [0, 0.05) is 30.2 Å². The van der Waals surface area contributed by atoms with Gasteiger partial charge in [-0.25, -0.2) is 0 Å². The van der Waals surface area contributed by atoms with Crippen LogP contribution < -0.4 is 4.74 Å². The van der Waals surface area contributed by atoms with Gasteiger partial charge in [0.2, 0.25) is 0 Å². The van der Waals surface area contributed by atoms with Gasteiger partial charge in [-0.05, 0) is 37.6 Å². The van der Waals surface area contributed by atoms with Crippen molar-refractivity contribution in [2.75, 3.05) is 39.5 Å². The molecule has 1 aliphatic heterocycles. The van der Waals surface area contributed by atoms with E-state index in [-0.39, 0.29) is 6.61 Å². The Labute approximate surface area is 152 Å². The molecule has 1 atom stereocenters. The zero-order valence-corrected chi connectivity index (χ0v) is 15.3. The van der Waals surface area contributed by atoms with Crippen molar-refractivity contribution in [1.82, 2.24) is 10.1 Å². The van der Waals surface area contributed by atoms with Crippen molar-refractivity contribution < 1.29 is 19.1 Å². The summed E-state index contributed by atoms with van der Waals surface area (Å²) in [6.45, 7) is 7.63. The van der Waals surface area contributed by atoms with E-state index >= 15 is 0 Å². The minimum Gasteiger partial charge on any atom is -0.491 e. The first-order valence-electron chi connectivity index (χ1n) is 8.37. The monoisotopic (exact) mass is 366 g/mol. The van der Waals surface area contributed by atoms with E-state index in [0.29, 0.717) is 30.5 Å². The van der Waals surface area contributed by atoms with E-state index in [9.17, 15) is 5.11 Å². The maximum atomic E-state index is 10.2. The van der Waals surface area contributed by atoms with Gasteiger partial charge in [-0.2, -0.15) is 0 Å². The second-order valence-electron chi connectivity index (χ2n) is 6.25. The highest BCUT2D eigenvalue weighted by atomic mass is 35.5. The summed E-state index contributed by atoms with van der Waals surface area (Å²) in [5.41, 5.74) is 2.61. The molecule has 1 aromatic heterocycles. The lowest BCUT2D eigenvalue weighted by Crippen LogP contribution is -2.42. The lowest BCUT2D eigenvalue weighted by atomic mass is 10.0. The van der Waals surface area contributed by atoms with Crippen LogP contribution in [0.15, 0.2) is 22.7 Å². The Morgan fingerprint density at radius 1 is 1.28 bits per heavy atom. The molecule has 6 nitrogen and oxygen atoms in total. The fourth-order valence-electron chi connectivity index (χ4n) is 3.01. The molecule has 0 aliphatic carbocycles. The minimum atomic E-state index is -0.570. The number of hydrogen-bond donors (Lipinski definition) is 1. The number of hydrogen-bond acceptors (Lipinski definition) is 6. The highest BCUT2D eigenvalue weighted by Gasteiger charge is 2.17. The molecule has 25 heavy (non-hydrogen) atoms. The van der Waals surface area contributed by atoms with Crippen molar-refractivity contribution in [3.8, 4) is 16.9 Å². The third-order valence-corrected chi connectivity index (χ3v) is 4.43. The van der Waals surface area contributed by atoms with E-state index in [1.165, 1.54) is 0 Å². The second kappa shape index (κ2) is 8.19. The number of aryl methyl sites for hydroxylation is 2. The summed E-state index contributed by atoms with van der Waals surface area (Å²) in [6.07, 6.45) is -0.570. The Morgan fingerprint density at radius 2 is 2.04 bits per heavy atom. The van der Waals surface area contributed by atoms with Crippen LogP contribution in [-0.2, 0) is 4.74 Å². The quantitative estimate of drug-likeness (QED) is 0.847. The highest BCUT2D eigenvalue weighted by molar-refractivity contribution is 6.31. The number of aliphatic hydroxyl groups excluding tert-OH is 1. The van der Waals surface area contributed by atoms with Crippen molar-refractivity contribution in [3.05, 3.63) is 34.7 Å². The number of nitrogens with zero attached hydrogens (tertiary/aromatic N) is 2. The van der Waals surface area contributed by atoms with Gasteiger partial charge in [-0.15, -0.1) is 0 Å². The first-order chi connectivity index (χ1) is 12.0. The van der Waals surface area contributed by atoms with Crippen LogP contribution in [0.25, 0.3) is 11.1 Å². The lowest BCUT2D eigenvalue weighted by molar-refractivity contribution is 0.00466. The molecule has 0 saturated carbocycles. The molecule has 1 saturated heterocycles. The predicted molar refractivity (Wildman–Crippen MR) is 95.2 cm³/mol. The Kier molecular flexibility index (Phi) is 5.96. The molecular formula is C18H23ClN2O4. The van der Waals surface area contributed by atoms with E-state index in [4.69, 9.17) is 25.6 Å². The molecule has 0 spiro atoms. The number of benzene rings is 1. The van der Waals surface area contributed by atoms with Gasteiger partial charge >= 0.3 is 0 Å². The average Bonchev–Trinajstić information content (AvgIpc) is 2.92. The molecule has 1 unspecified atom stereocenters. The van der Waals surface area contributed by atoms with Crippen molar-refractivity contribution in [1.29, 1.82) is 0 Å². The largest absolute Gasteiger partial charge is 0.491 e. The SMILES string of the molecule is Cc1noc(C)c1-c1cc(Cl)cc(OCC(O)CN2CCOCC2)c1. The van der Waals surface area contributed by atoms with Crippen LogP contribution in [0, 0.1) is 13.8 Å². The van der Waals surface area contributed by atoms with Crippen LogP contribution >= 0.6 is 11.6 Å². The minimum absolute atomic E-state index is 0.207. The highest BCUT2D eigenvalue weighted by Crippen LogP contribution is 2.32. The van der Waals surface area contributed by atoms with Crippen LogP contribution in [-0.4, -0.2) is 60.7 Å². The molecule has 2 heterocycles. The molecule has 3 rings (SSSR count). The maximum Gasteiger partial charge on any atom is 0.141 e. The van der Waals surface area contributed by atoms with E-state index in [2.05, 4.69) is 10.1 Å². The number of morpholine rings is 1. The lowest BCUT2D eigenvalue weighted by Gasteiger charge is -2.28. The molecule has 1 N–H and O–H groups in total. The van der Waals surface area contributed by atoms with Gasteiger partial charge in [0.1, 0.15) is 24.2 Å². The van der Waals surface area contributed by atoms with Gasteiger partial charge in [0.05, 0.1) is 18.9 Å². The van der Waals surface area contributed by atoms with E-state index < -0.39 is 6.10 Å². The van der Waals surface area contributed by atoms with Crippen LogP contribution in [0.3, 0.4) is 0 Å². The third-order valence-electron chi connectivity index (χ3n) is 4.21. The summed E-state index contributed by atoms with van der Waals surface area (Å²) in [4.78, 5) is 2.17. The number of ether oxygens (including phenoxy) is 2. The molecule has 1 fully saturated rings. The first kappa shape index (κ1) is 18.2. The number of β-amino-alcohol motifs (C(OH)–C–C–N with tert-alkyl or cyclic N) is 1. The van der Waals surface area contributed by atoms with E-state index in [0.717, 1.165) is 35.7 Å². The Bertz CT molecular complexity index is 694. The molecule has 0 amide bonds. The second-order valence-corrected chi connectivity index (χ2v) is 6.69. The van der Waals surface area contributed by atoms with Crippen molar-refractivity contribution >= 4 is 11.6 Å². The van der Waals surface area contributed by atoms with Crippen molar-refractivity contribution in [3.63, 3.8) is 0 Å². The number of halogens is 1. The van der Waals surface area contributed by atoms with E-state index in [1.54, 1.807) is 6.07 Å². The van der Waals surface area contributed by atoms with E-state index in [1.807, 2.05) is 26.0 Å². The maximum absolute atomic E-state index is 10.2. The van der Waals surface area contributed by atoms with Gasteiger partial charge in [-0.1, -0.05) is 16.8 Å². The van der Waals surface area contributed by atoms with Crippen LogP contribution in [0.2, 0.25) is 5.02 Å². The molecule has 1 aliphatic rings. The Balaban J connectivity index is 1.64. The van der Waals surface area contributed by atoms with Crippen LogP contribution in [0.5, 0.6) is 5.75 Å². The fraction of sp³-hybridized carbons (Fsp3) is 0.500. The molecule has 136 valence electrons. The van der Waals surface area contributed by atoms with Gasteiger partial charge in [0.15, 0.2) is 0 Å². The predicted octanol–water partition coefficient (Wildman–Crippen LogP) is 2.68. The summed E-state index contributed by atoms with van der Waals surface area (Å²) in [5, 5.41) is 14.7. The average molecular weight is 367 g/mol. The normalized spacial score (nSPS) is 16.8. The Morgan fingerprint density at radius 3 is 2.72 bits per heavy atom. The zero-order chi connectivity index (χ0) is 17.8. The smallest absolute Gasteiger partial charge is 0.141 e. The topological polar surface area (TPSA) is 68.0 Å². The summed E-state index contributed by atoms with van der Waals surface area (Å²) in [6, 6.07) is 5.48. The summed E-state index contributed by atoms with van der Waals surface area (Å²) in [7, 11) is 0. The number of aliphatic hydroxyl groups is 1. The van der Waals surface area contributed by atoms with Gasteiger partial charge < -0.3 is 19.1 Å². The molecule has 7 heteroatoms. The molecule has 0 bridgehead atoms. The summed E-state index contributed by atoms with van der Waals surface area (Å²) >= 11 is 6.23. The number of aromatic nitrogens is 1. The molecule has 1 aromatic carbocycles. The van der Waals surface area contributed by atoms with Crippen LogP contribution in [0.1, 0.15) is 11.5 Å². The Hall–Kier alpha value is -1.60. The molecular weight excluding hydrogens is 344 g/mol. The standard InChI is InChI=1S/C18H23ClN2O4/c1-12-18(13(2)25-20-12)14-7-15(19)9-17(8-14)24-11-16(22)10-21-3-5-23-6-4-21/h7-9,16,22H,3-6,10-11H2,1-2H3.